The summed E-state index contributed by atoms with van der Waals surface area (Å²) in [7, 11) is 1.52. The number of thiazole rings is 1. The monoisotopic (exact) mass is 456 g/mol. The molecule has 0 aliphatic carbocycles. The van der Waals surface area contributed by atoms with Crippen molar-refractivity contribution in [2.24, 2.45) is 0 Å². The van der Waals surface area contributed by atoms with E-state index >= 15 is 0 Å². The number of ether oxygens (including phenoxy) is 1. The van der Waals surface area contributed by atoms with Gasteiger partial charge in [-0.3, -0.25) is 14.4 Å². The van der Waals surface area contributed by atoms with Crippen LogP contribution in [-0.4, -0.2) is 54.4 Å². The van der Waals surface area contributed by atoms with Crippen LogP contribution in [0, 0.1) is 6.92 Å². The van der Waals surface area contributed by atoms with Crippen LogP contribution in [-0.2, 0) is 20.7 Å². The maximum absolute atomic E-state index is 12.5. The molecule has 0 spiro atoms. The van der Waals surface area contributed by atoms with Gasteiger partial charge in [0, 0.05) is 24.7 Å². The summed E-state index contributed by atoms with van der Waals surface area (Å²) in [5.74, 6) is -0.877. The molecule has 3 aromatic rings. The van der Waals surface area contributed by atoms with E-state index in [1.165, 1.54) is 35.7 Å². The zero-order valence-corrected chi connectivity index (χ0v) is 18.6. The Hall–Kier alpha value is -3.50. The zero-order chi connectivity index (χ0) is 22.9. The molecular formula is C22H24N4O5S. The van der Waals surface area contributed by atoms with E-state index < -0.39 is 11.8 Å². The molecule has 0 aliphatic heterocycles. The van der Waals surface area contributed by atoms with Crippen molar-refractivity contribution in [3.05, 3.63) is 65.1 Å². The minimum absolute atomic E-state index is 0.0805. The molecule has 0 bridgehead atoms. The molecule has 0 aliphatic rings. The van der Waals surface area contributed by atoms with Crippen molar-refractivity contribution in [1.29, 1.82) is 0 Å². The van der Waals surface area contributed by atoms with Crippen molar-refractivity contribution < 1.29 is 23.5 Å². The molecule has 3 rings (SSSR count). The topological polar surface area (TPSA) is 114 Å². The molecule has 1 aromatic carbocycles. The number of carbonyl (C=O) groups is 3. The van der Waals surface area contributed by atoms with Crippen molar-refractivity contribution >= 4 is 39.9 Å². The summed E-state index contributed by atoms with van der Waals surface area (Å²) in [5, 5.41) is 7.54. The van der Waals surface area contributed by atoms with Crippen LogP contribution in [0.4, 0.5) is 10.8 Å². The van der Waals surface area contributed by atoms with Crippen LogP contribution in [0.5, 0.6) is 0 Å². The lowest BCUT2D eigenvalue weighted by Gasteiger charge is -2.20. The van der Waals surface area contributed by atoms with Gasteiger partial charge in [-0.1, -0.05) is 17.7 Å². The number of methoxy groups -OCH3 is 1. The number of nitrogens with zero attached hydrogens (tertiary/aromatic N) is 2. The predicted molar refractivity (Wildman–Crippen MR) is 121 cm³/mol. The van der Waals surface area contributed by atoms with Gasteiger partial charge >= 0.3 is 0 Å². The lowest BCUT2D eigenvalue weighted by Crippen LogP contribution is -2.39. The van der Waals surface area contributed by atoms with E-state index in [1.54, 1.807) is 11.4 Å². The Balaban J connectivity index is 1.53. The molecule has 0 radical (unpaired) electrons. The van der Waals surface area contributed by atoms with E-state index in [9.17, 15) is 14.4 Å². The Morgan fingerprint density at radius 2 is 1.91 bits per heavy atom. The molecule has 9 nitrogen and oxygen atoms in total. The second-order valence-electron chi connectivity index (χ2n) is 6.98. The second-order valence-corrected chi connectivity index (χ2v) is 7.84. The second kappa shape index (κ2) is 11.2. The van der Waals surface area contributed by atoms with E-state index in [2.05, 4.69) is 15.6 Å². The highest BCUT2D eigenvalue weighted by Crippen LogP contribution is 2.17. The van der Waals surface area contributed by atoms with Gasteiger partial charge in [-0.05, 0) is 31.2 Å². The molecule has 2 N–H and O–H groups in total. The lowest BCUT2D eigenvalue weighted by atomic mass is 10.2. The van der Waals surface area contributed by atoms with Gasteiger partial charge < -0.3 is 24.7 Å². The summed E-state index contributed by atoms with van der Waals surface area (Å²) in [6, 6.07) is 10.6. The number of benzene rings is 1. The smallest absolute Gasteiger partial charge is 0.290 e. The van der Waals surface area contributed by atoms with Crippen LogP contribution in [0.1, 0.15) is 21.8 Å². The Bertz CT molecular complexity index is 1050. The van der Waals surface area contributed by atoms with E-state index in [0.717, 1.165) is 5.56 Å². The third kappa shape index (κ3) is 6.76. The SMILES string of the molecule is COCCN(CC(=O)Nc1nc(CC(=O)Nc2ccc(C)cc2)cs1)C(=O)c1ccco1. The summed E-state index contributed by atoms with van der Waals surface area (Å²) in [4.78, 5) is 42.9. The van der Waals surface area contributed by atoms with Gasteiger partial charge in [0.25, 0.3) is 5.91 Å². The Labute approximate surface area is 189 Å². The van der Waals surface area contributed by atoms with Crippen molar-refractivity contribution in [3.63, 3.8) is 0 Å². The summed E-state index contributed by atoms with van der Waals surface area (Å²) in [6.07, 6.45) is 1.48. The highest BCUT2D eigenvalue weighted by atomic mass is 32.1. The Morgan fingerprint density at radius 1 is 1.12 bits per heavy atom. The minimum Gasteiger partial charge on any atom is -0.459 e. The molecule has 32 heavy (non-hydrogen) atoms. The van der Waals surface area contributed by atoms with E-state index in [4.69, 9.17) is 9.15 Å². The van der Waals surface area contributed by atoms with Crippen LogP contribution in [0.15, 0.2) is 52.5 Å². The molecule has 2 aromatic heterocycles. The maximum atomic E-state index is 12.5. The molecular weight excluding hydrogens is 432 g/mol. The highest BCUT2D eigenvalue weighted by molar-refractivity contribution is 7.13. The van der Waals surface area contributed by atoms with Crippen molar-refractivity contribution in [3.8, 4) is 0 Å². The number of hydrogen-bond acceptors (Lipinski definition) is 7. The molecule has 0 fully saturated rings. The standard InChI is InChI=1S/C22H24N4O5S/c1-15-5-7-16(8-6-15)23-19(27)12-17-14-32-22(24-17)25-20(28)13-26(9-11-30-2)21(29)18-4-3-10-31-18/h3-8,10,14H,9,11-13H2,1-2H3,(H,23,27)(H,24,25,28). The molecule has 0 saturated heterocycles. The van der Waals surface area contributed by atoms with Gasteiger partial charge in [0.05, 0.1) is 25.0 Å². The number of anilines is 2. The van der Waals surface area contributed by atoms with Crippen molar-refractivity contribution in [2.45, 2.75) is 13.3 Å². The predicted octanol–water partition coefficient (Wildman–Crippen LogP) is 2.95. The van der Waals surface area contributed by atoms with Crippen molar-refractivity contribution in [1.82, 2.24) is 9.88 Å². The molecule has 168 valence electrons. The molecule has 10 heteroatoms. The molecule has 2 heterocycles. The van der Waals surface area contributed by atoms with Crippen LogP contribution < -0.4 is 10.6 Å². The number of carbonyl (C=O) groups excluding carboxylic acids is 3. The number of furan rings is 1. The van der Waals surface area contributed by atoms with Crippen LogP contribution in [0.2, 0.25) is 0 Å². The van der Waals surface area contributed by atoms with Gasteiger partial charge in [-0.25, -0.2) is 4.98 Å². The van der Waals surface area contributed by atoms with Gasteiger partial charge in [-0.2, -0.15) is 0 Å². The number of aryl methyl sites for hydroxylation is 1. The summed E-state index contributed by atoms with van der Waals surface area (Å²) in [5.41, 5.74) is 2.36. The summed E-state index contributed by atoms with van der Waals surface area (Å²) < 4.78 is 10.2. The average molecular weight is 457 g/mol. The number of hydrogen-bond donors (Lipinski definition) is 2. The minimum atomic E-state index is -0.411. The van der Waals surface area contributed by atoms with Gasteiger partial charge in [0.1, 0.15) is 6.54 Å². The first-order valence-corrected chi connectivity index (χ1v) is 10.7. The largest absolute Gasteiger partial charge is 0.459 e. The highest BCUT2D eigenvalue weighted by Gasteiger charge is 2.21. The van der Waals surface area contributed by atoms with Gasteiger partial charge in [-0.15, -0.1) is 11.3 Å². The quantitative estimate of drug-likeness (QED) is 0.485. The zero-order valence-electron chi connectivity index (χ0n) is 17.8. The Kier molecular flexibility index (Phi) is 8.12. The number of aromatic nitrogens is 1. The summed E-state index contributed by atoms with van der Waals surface area (Å²) >= 11 is 1.21. The van der Waals surface area contributed by atoms with Gasteiger partial charge in [0.15, 0.2) is 10.9 Å². The normalized spacial score (nSPS) is 10.6. The molecule has 3 amide bonds. The van der Waals surface area contributed by atoms with Crippen LogP contribution in [0.3, 0.4) is 0 Å². The average Bonchev–Trinajstić information content (AvgIpc) is 3.44. The fourth-order valence-electron chi connectivity index (χ4n) is 2.79. The number of nitrogens with one attached hydrogen (secondary N) is 2. The van der Waals surface area contributed by atoms with Crippen LogP contribution in [0.25, 0.3) is 0 Å². The number of amides is 3. The third-order valence-electron chi connectivity index (χ3n) is 4.39. The van der Waals surface area contributed by atoms with Crippen molar-refractivity contribution in [2.75, 3.05) is 37.4 Å². The number of rotatable bonds is 10. The fourth-order valence-corrected chi connectivity index (χ4v) is 3.52. The fraction of sp³-hybridized carbons (Fsp3) is 0.273. The lowest BCUT2D eigenvalue weighted by molar-refractivity contribution is -0.117. The van der Waals surface area contributed by atoms with Gasteiger partial charge in [0.2, 0.25) is 11.8 Å². The first-order valence-electron chi connectivity index (χ1n) is 9.87. The summed E-state index contributed by atoms with van der Waals surface area (Å²) in [6.45, 7) is 2.29. The van der Waals surface area contributed by atoms with E-state index in [0.29, 0.717) is 16.5 Å². The molecule has 0 atom stereocenters. The van der Waals surface area contributed by atoms with E-state index in [-0.39, 0.29) is 37.8 Å². The third-order valence-corrected chi connectivity index (χ3v) is 5.20. The maximum Gasteiger partial charge on any atom is 0.290 e. The Morgan fingerprint density at radius 3 is 2.59 bits per heavy atom. The molecule has 0 unspecified atom stereocenters. The first-order chi connectivity index (χ1) is 15.4. The first kappa shape index (κ1) is 23.2. The van der Waals surface area contributed by atoms with E-state index in [1.807, 2.05) is 31.2 Å². The van der Waals surface area contributed by atoms with Crippen LogP contribution >= 0.6 is 11.3 Å². The molecule has 0 saturated carbocycles.